The summed E-state index contributed by atoms with van der Waals surface area (Å²) in [5.41, 5.74) is 0.105. The Kier molecular flexibility index (Phi) is 6.63. The average Bonchev–Trinajstić information content (AvgIpc) is 3.27. The molecule has 164 valence electrons. The highest BCUT2D eigenvalue weighted by Gasteiger charge is 2.32. The molecule has 0 spiro atoms. The first kappa shape index (κ1) is 21.2. The van der Waals surface area contributed by atoms with Crippen LogP contribution < -0.4 is 4.90 Å². The minimum Gasteiger partial charge on any atom is -0.369 e. The third-order valence-corrected chi connectivity index (χ3v) is 6.27. The monoisotopic (exact) mass is 421 g/mol. The molecule has 3 heterocycles. The van der Waals surface area contributed by atoms with Gasteiger partial charge in [-0.05, 0) is 56.6 Å². The molecule has 0 amide bonds. The summed E-state index contributed by atoms with van der Waals surface area (Å²) >= 11 is 0. The van der Waals surface area contributed by atoms with Crippen LogP contribution >= 0.6 is 0 Å². The van der Waals surface area contributed by atoms with Gasteiger partial charge in [0.25, 0.3) is 0 Å². The molecule has 1 aromatic carbocycles. The Hall–Kier alpha value is -2.06. The number of hydrogen-bond acceptors (Lipinski definition) is 4. The fourth-order valence-electron chi connectivity index (χ4n) is 4.65. The summed E-state index contributed by atoms with van der Waals surface area (Å²) in [4.78, 5) is 7.16. The van der Waals surface area contributed by atoms with Crippen LogP contribution in [0.3, 0.4) is 0 Å². The predicted molar refractivity (Wildman–Crippen MR) is 112 cm³/mol. The molecule has 0 aliphatic carbocycles. The van der Waals surface area contributed by atoms with Crippen LogP contribution in [0, 0.1) is 0 Å². The van der Waals surface area contributed by atoms with Gasteiger partial charge >= 0.3 is 6.18 Å². The van der Waals surface area contributed by atoms with Gasteiger partial charge in [-0.2, -0.15) is 18.3 Å². The van der Waals surface area contributed by atoms with Gasteiger partial charge in [0.05, 0.1) is 5.56 Å². The van der Waals surface area contributed by atoms with E-state index in [1.807, 2.05) is 23.1 Å². The van der Waals surface area contributed by atoms with Crippen molar-refractivity contribution in [3.63, 3.8) is 0 Å². The number of alkyl halides is 3. The average molecular weight is 422 g/mol. The van der Waals surface area contributed by atoms with Crippen molar-refractivity contribution in [1.29, 1.82) is 0 Å². The summed E-state index contributed by atoms with van der Waals surface area (Å²) in [5, 5.41) is 4.26. The molecule has 1 atom stereocenters. The smallest absolute Gasteiger partial charge is 0.369 e. The van der Waals surface area contributed by atoms with Gasteiger partial charge in [0.1, 0.15) is 0 Å². The molecule has 4 rings (SSSR count). The number of piperidine rings is 1. The number of hydrogen-bond donors (Lipinski definition) is 0. The topological polar surface area (TPSA) is 27.5 Å². The Labute approximate surface area is 176 Å². The van der Waals surface area contributed by atoms with Crippen LogP contribution in [0.1, 0.15) is 24.8 Å². The van der Waals surface area contributed by atoms with E-state index in [2.05, 4.69) is 19.8 Å². The first-order chi connectivity index (χ1) is 14.5. The Balaban J connectivity index is 1.25. The number of likely N-dealkylation sites (tertiary alicyclic amines) is 1. The molecule has 0 saturated carbocycles. The van der Waals surface area contributed by atoms with E-state index in [1.165, 1.54) is 25.0 Å². The second-order valence-electron chi connectivity index (χ2n) is 8.29. The third kappa shape index (κ3) is 5.35. The van der Waals surface area contributed by atoms with E-state index in [-0.39, 0.29) is 0 Å². The number of benzene rings is 1. The third-order valence-electron chi connectivity index (χ3n) is 6.27. The predicted octanol–water partition coefficient (Wildman–Crippen LogP) is 3.58. The van der Waals surface area contributed by atoms with Crippen molar-refractivity contribution < 1.29 is 13.2 Å². The molecule has 2 aromatic rings. The summed E-state index contributed by atoms with van der Waals surface area (Å²) in [6.45, 7) is 7.63. The molecule has 5 nitrogen and oxygen atoms in total. The summed E-state index contributed by atoms with van der Waals surface area (Å²) in [6, 6.07) is 8.21. The number of nitrogens with zero attached hydrogens (tertiary/aromatic N) is 5. The van der Waals surface area contributed by atoms with Gasteiger partial charge < -0.3 is 9.80 Å². The molecular weight excluding hydrogens is 391 g/mol. The van der Waals surface area contributed by atoms with Crippen LogP contribution in [-0.2, 0) is 12.7 Å². The standard InChI is InChI=1S/C22H30F3N5/c23-22(24,25)19-5-1-6-20(17-19)28-13-15-29(16-14-28)21-7-2-9-27(18-21)10-4-12-30-11-3-8-26-30/h1,3,5-6,8,11,17,21H,2,4,7,9-10,12-16,18H2/t21-/m1/s1. The maximum absolute atomic E-state index is 13.0. The number of anilines is 1. The zero-order valence-corrected chi connectivity index (χ0v) is 17.3. The maximum atomic E-state index is 13.0. The Morgan fingerprint density at radius 3 is 2.57 bits per heavy atom. The van der Waals surface area contributed by atoms with Gasteiger partial charge in [0.15, 0.2) is 0 Å². The SMILES string of the molecule is FC(F)(F)c1cccc(N2CCN([C@@H]3CCCN(CCCn4cccn4)C3)CC2)c1. The van der Waals surface area contributed by atoms with Crippen molar-refractivity contribution in [1.82, 2.24) is 19.6 Å². The number of rotatable bonds is 6. The number of aryl methyl sites for hydroxylation is 1. The Morgan fingerprint density at radius 1 is 1.00 bits per heavy atom. The normalized spacial score (nSPS) is 21.8. The molecular formula is C22H30F3N5. The van der Waals surface area contributed by atoms with Gasteiger partial charge in [0, 0.05) is 63.4 Å². The van der Waals surface area contributed by atoms with Crippen LogP contribution in [0.2, 0.25) is 0 Å². The molecule has 0 unspecified atom stereocenters. The van der Waals surface area contributed by atoms with Gasteiger partial charge in [-0.1, -0.05) is 6.07 Å². The van der Waals surface area contributed by atoms with Crippen molar-refractivity contribution in [2.75, 3.05) is 50.7 Å². The lowest BCUT2D eigenvalue weighted by atomic mass is 10.0. The lowest BCUT2D eigenvalue weighted by Crippen LogP contribution is -2.55. The van der Waals surface area contributed by atoms with E-state index < -0.39 is 11.7 Å². The van der Waals surface area contributed by atoms with E-state index >= 15 is 0 Å². The second-order valence-corrected chi connectivity index (χ2v) is 8.29. The zero-order valence-electron chi connectivity index (χ0n) is 17.3. The highest BCUT2D eigenvalue weighted by molar-refractivity contribution is 5.49. The first-order valence-corrected chi connectivity index (χ1v) is 10.8. The molecule has 30 heavy (non-hydrogen) atoms. The summed E-state index contributed by atoms with van der Waals surface area (Å²) < 4.78 is 41.0. The van der Waals surface area contributed by atoms with Crippen LogP contribution in [0.25, 0.3) is 0 Å². The molecule has 2 fully saturated rings. The summed E-state index contributed by atoms with van der Waals surface area (Å²) in [7, 11) is 0. The highest BCUT2D eigenvalue weighted by atomic mass is 19.4. The molecule has 2 saturated heterocycles. The lowest BCUT2D eigenvalue weighted by Gasteiger charge is -2.44. The largest absolute Gasteiger partial charge is 0.416 e. The molecule has 0 N–H and O–H groups in total. The molecule has 0 radical (unpaired) electrons. The lowest BCUT2D eigenvalue weighted by molar-refractivity contribution is -0.137. The van der Waals surface area contributed by atoms with Gasteiger partial charge in [-0.15, -0.1) is 0 Å². The van der Waals surface area contributed by atoms with Crippen molar-refractivity contribution in [3.05, 3.63) is 48.3 Å². The van der Waals surface area contributed by atoms with Crippen LogP contribution in [0.5, 0.6) is 0 Å². The fourth-order valence-corrected chi connectivity index (χ4v) is 4.65. The quantitative estimate of drug-likeness (QED) is 0.713. The van der Waals surface area contributed by atoms with Crippen molar-refractivity contribution in [2.24, 2.45) is 0 Å². The fraction of sp³-hybridized carbons (Fsp3) is 0.591. The number of aromatic nitrogens is 2. The highest BCUT2D eigenvalue weighted by Crippen LogP contribution is 2.32. The maximum Gasteiger partial charge on any atom is 0.416 e. The van der Waals surface area contributed by atoms with Crippen LogP contribution in [0.4, 0.5) is 18.9 Å². The van der Waals surface area contributed by atoms with Crippen molar-refractivity contribution >= 4 is 5.69 Å². The van der Waals surface area contributed by atoms with E-state index in [0.717, 1.165) is 64.8 Å². The molecule has 2 aliphatic rings. The first-order valence-electron chi connectivity index (χ1n) is 10.8. The Morgan fingerprint density at radius 2 is 1.83 bits per heavy atom. The van der Waals surface area contributed by atoms with Gasteiger partial charge in [-0.3, -0.25) is 9.58 Å². The van der Waals surface area contributed by atoms with Gasteiger partial charge in [0.2, 0.25) is 0 Å². The minimum absolute atomic E-state index is 0.548. The van der Waals surface area contributed by atoms with Gasteiger partial charge in [-0.25, -0.2) is 0 Å². The van der Waals surface area contributed by atoms with E-state index in [9.17, 15) is 13.2 Å². The van der Waals surface area contributed by atoms with Crippen molar-refractivity contribution in [2.45, 2.75) is 38.0 Å². The minimum atomic E-state index is -4.29. The number of halogens is 3. The van der Waals surface area contributed by atoms with Crippen LogP contribution in [-0.4, -0.2) is 71.4 Å². The second kappa shape index (κ2) is 9.39. The Bertz CT molecular complexity index is 784. The molecule has 2 aliphatic heterocycles. The molecule has 1 aromatic heterocycles. The van der Waals surface area contributed by atoms with E-state index in [1.54, 1.807) is 6.07 Å². The summed E-state index contributed by atoms with van der Waals surface area (Å²) in [6.07, 6.45) is 3.04. The molecule has 8 heteroatoms. The van der Waals surface area contributed by atoms with E-state index in [0.29, 0.717) is 11.7 Å². The van der Waals surface area contributed by atoms with Crippen LogP contribution in [0.15, 0.2) is 42.7 Å². The van der Waals surface area contributed by atoms with Crippen molar-refractivity contribution in [3.8, 4) is 0 Å². The zero-order chi connectivity index (χ0) is 21.0. The molecule has 0 bridgehead atoms. The van der Waals surface area contributed by atoms with E-state index in [4.69, 9.17) is 0 Å². The number of piperazine rings is 1. The summed E-state index contributed by atoms with van der Waals surface area (Å²) in [5.74, 6) is 0.